The number of terminal acetylenes is 1. The molecule has 0 saturated heterocycles. The van der Waals surface area contributed by atoms with Gasteiger partial charge in [0.15, 0.2) is 18.2 Å². The normalized spacial score (nSPS) is 9.31. The van der Waals surface area contributed by atoms with Gasteiger partial charge < -0.3 is 10.1 Å². The summed E-state index contributed by atoms with van der Waals surface area (Å²) in [5.41, 5.74) is 0.474. The highest BCUT2D eigenvalue weighted by molar-refractivity contribution is 5.77. The number of hydrogen-bond acceptors (Lipinski definition) is 2. The molecule has 0 spiro atoms. The molecule has 0 saturated carbocycles. The first kappa shape index (κ1) is 12.1. The molecule has 16 heavy (non-hydrogen) atoms. The SMILES string of the molecule is C#CCNC(=O)COc1cccc(C)c1F. The van der Waals surface area contributed by atoms with Crippen LogP contribution in [0.5, 0.6) is 5.75 Å². The molecular formula is C12H12FNO2. The third-order valence-corrected chi connectivity index (χ3v) is 1.90. The van der Waals surface area contributed by atoms with Gasteiger partial charge in [-0.05, 0) is 18.6 Å². The molecule has 84 valence electrons. The third-order valence-electron chi connectivity index (χ3n) is 1.90. The minimum atomic E-state index is -0.452. The summed E-state index contributed by atoms with van der Waals surface area (Å²) in [6.45, 7) is 1.52. The summed E-state index contributed by atoms with van der Waals surface area (Å²) < 4.78 is 18.4. The standard InChI is InChI=1S/C12H12FNO2/c1-3-7-14-11(15)8-16-10-6-4-5-9(2)12(10)13/h1,4-6H,7-8H2,2H3,(H,14,15). The number of ether oxygens (including phenoxy) is 1. The monoisotopic (exact) mass is 221 g/mol. The lowest BCUT2D eigenvalue weighted by Gasteiger charge is -2.07. The number of aryl methyl sites for hydroxylation is 1. The molecule has 0 aliphatic carbocycles. The molecule has 0 radical (unpaired) electrons. The van der Waals surface area contributed by atoms with Crippen LogP contribution in [0.3, 0.4) is 0 Å². The second kappa shape index (κ2) is 5.76. The molecule has 0 aliphatic heterocycles. The summed E-state index contributed by atoms with van der Waals surface area (Å²) in [5.74, 6) is 1.49. The van der Waals surface area contributed by atoms with E-state index in [1.807, 2.05) is 0 Å². The van der Waals surface area contributed by atoms with E-state index in [-0.39, 0.29) is 24.8 Å². The van der Waals surface area contributed by atoms with E-state index in [1.165, 1.54) is 6.07 Å². The average Bonchev–Trinajstić information content (AvgIpc) is 2.28. The highest BCUT2D eigenvalue weighted by Gasteiger charge is 2.07. The number of amides is 1. The fourth-order valence-corrected chi connectivity index (χ4v) is 1.08. The van der Waals surface area contributed by atoms with Gasteiger partial charge in [0.25, 0.3) is 5.91 Å². The van der Waals surface area contributed by atoms with Crippen molar-refractivity contribution >= 4 is 5.91 Å². The van der Waals surface area contributed by atoms with E-state index in [2.05, 4.69) is 11.2 Å². The lowest BCUT2D eigenvalue weighted by molar-refractivity contribution is -0.122. The summed E-state index contributed by atoms with van der Waals surface area (Å²) >= 11 is 0. The Hall–Kier alpha value is -2.02. The zero-order valence-electron chi connectivity index (χ0n) is 8.92. The Morgan fingerprint density at radius 2 is 2.38 bits per heavy atom. The van der Waals surface area contributed by atoms with E-state index in [9.17, 15) is 9.18 Å². The fraction of sp³-hybridized carbons (Fsp3) is 0.250. The van der Waals surface area contributed by atoms with Gasteiger partial charge in [-0.1, -0.05) is 18.1 Å². The number of nitrogens with one attached hydrogen (secondary N) is 1. The molecule has 4 heteroatoms. The van der Waals surface area contributed by atoms with Crippen LogP contribution in [-0.4, -0.2) is 19.1 Å². The summed E-state index contributed by atoms with van der Waals surface area (Å²) in [7, 11) is 0. The first-order valence-corrected chi connectivity index (χ1v) is 4.73. The summed E-state index contributed by atoms with van der Waals surface area (Å²) in [5, 5.41) is 2.41. The van der Waals surface area contributed by atoms with Crippen LogP contribution in [0.25, 0.3) is 0 Å². The van der Waals surface area contributed by atoms with Crippen LogP contribution in [0, 0.1) is 25.1 Å². The minimum absolute atomic E-state index is 0.0656. The molecule has 0 bridgehead atoms. The van der Waals surface area contributed by atoms with E-state index < -0.39 is 5.82 Å². The third kappa shape index (κ3) is 3.28. The van der Waals surface area contributed by atoms with E-state index in [0.29, 0.717) is 5.56 Å². The molecule has 1 aromatic carbocycles. The van der Waals surface area contributed by atoms with Gasteiger partial charge in [0.2, 0.25) is 0 Å². The maximum atomic E-state index is 13.4. The molecule has 0 unspecified atom stereocenters. The number of rotatable bonds is 4. The largest absolute Gasteiger partial charge is 0.481 e. The Balaban J connectivity index is 2.52. The first-order chi connectivity index (χ1) is 7.65. The molecule has 0 aromatic heterocycles. The average molecular weight is 221 g/mol. The predicted octanol–water partition coefficient (Wildman–Crippen LogP) is 1.26. The molecular weight excluding hydrogens is 209 g/mol. The van der Waals surface area contributed by atoms with Gasteiger partial charge in [0.1, 0.15) is 0 Å². The fourth-order valence-electron chi connectivity index (χ4n) is 1.08. The van der Waals surface area contributed by atoms with Crippen LogP contribution in [0.15, 0.2) is 18.2 Å². The lowest BCUT2D eigenvalue weighted by atomic mass is 10.2. The van der Waals surface area contributed by atoms with E-state index >= 15 is 0 Å². The van der Waals surface area contributed by atoms with E-state index in [1.54, 1.807) is 19.1 Å². The molecule has 0 atom stereocenters. The number of hydrogen-bond donors (Lipinski definition) is 1. The van der Waals surface area contributed by atoms with Crippen LogP contribution < -0.4 is 10.1 Å². The van der Waals surface area contributed by atoms with Gasteiger partial charge in [-0.2, -0.15) is 0 Å². The zero-order chi connectivity index (χ0) is 12.0. The van der Waals surface area contributed by atoms with Crippen molar-refractivity contribution in [1.29, 1.82) is 0 Å². The van der Waals surface area contributed by atoms with Gasteiger partial charge in [0.05, 0.1) is 6.54 Å². The van der Waals surface area contributed by atoms with Gasteiger partial charge in [0, 0.05) is 0 Å². The Kier molecular flexibility index (Phi) is 4.34. The summed E-state index contributed by atoms with van der Waals surface area (Å²) in [6.07, 6.45) is 4.96. The first-order valence-electron chi connectivity index (χ1n) is 4.73. The second-order valence-electron chi connectivity index (χ2n) is 3.16. The van der Waals surface area contributed by atoms with Gasteiger partial charge in [-0.3, -0.25) is 4.79 Å². The van der Waals surface area contributed by atoms with Gasteiger partial charge in [-0.15, -0.1) is 6.42 Å². The van der Waals surface area contributed by atoms with Gasteiger partial charge >= 0.3 is 0 Å². The van der Waals surface area contributed by atoms with Crippen LogP contribution in [0.4, 0.5) is 4.39 Å². The van der Waals surface area contributed by atoms with Crippen LogP contribution in [0.2, 0.25) is 0 Å². The van der Waals surface area contributed by atoms with Crippen molar-refractivity contribution in [2.75, 3.05) is 13.2 Å². The number of benzene rings is 1. The molecule has 0 heterocycles. The number of carbonyl (C=O) groups excluding carboxylic acids is 1. The molecule has 1 rings (SSSR count). The smallest absolute Gasteiger partial charge is 0.258 e. The van der Waals surface area contributed by atoms with Crippen LogP contribution in [-0.2, 0) is 4.79 Å². The maximum Gasteiger partial charge on any atom is 0.258 e. The Labute approximate surface area is 93.6 Å². The Morgan fingerprint density at radius 3 is 3.06 bits per heavy atom. The van der Waals surface area contributed by atoms with Crippen molar-refractivity contribution in [1.82, 2.24) is 5.32 Å². The number of halogens is 1. The van der Waals surface area contributed by atoms with Crippen molar-refractivity contribution in [3.63, 3.8) is 0 Å². The van der Waals surface area contributed by atoms with Crippen molar-refractivity contribution < 1.29 is 13.9 Å². The summed E-state index contributed by atoms with van der Waals surface area (Å²) in [4.78, 5) is 11.1. The Morgan fingerprint density at radius 1 is 1.62 bits per heavy atom. The summed E-state index contributed by atoms with van der Waals surface area (Å²) in [6, 6.07) is 4.75. The quantitative estimate of drug-likeness (QED) is 0.777. The molecule has 1 N–H and O–H groups in total. The minimum Gasteiger partial charge on any atom is -0.481 e. The maximum absolute atomic E-state index is 13.4. The van der Waals surface area contributed by atoms with Crippen molar-refractivity contribution in [3.05, 3.63) is 29.6 Å². The Bertz CT molecular complexity index is 424. The van der Waals surface area contributed by atoms with Crippen LogP contribution >= 0.6 is 0 Å². The van der Waals surface area contributed by atoms with Gasteiger partial charge in [-0.25, -0.2) is 4.39 Å². The molecule has 1 aromatic rings. The zero-order valence-corrected chi connectivity index (χ0v) is 8.92. The predicted molar refractivity (Wildman–Crippen MR) is 58.5 cm³/mol. The highest BCUT2D eigenvalue weighted by Crippen LogP contribution is 2.19. The van der Waals surface area contributed by atoms with E-state index in [0.717, 1.165) is 0 Å². The van der Waals surface area contributed by atoms with Crippen molar-refractivity contribution in [2.45, 2.75) is 6.92 Å². The lowest BCUT2D eigenvalue weighted by Crippen LogP contribution is -2.29. The van der Waals surface area contributed by atoms with Crippen LogP contribution in [0.1, 0.15) is 5.56 Å². The molecule has 0 aliphatic rings. The number of carbonyl (C=O) groups is 1. The molecule has 1 amide bonds. The van der Waals surface area contributed by atoms with Crippen molar-refractivity contribution in [3.8, 4) is 18.1 Å². The molecule has 3 nitrogen and oxygen atoms in total. The van der Waals surface area contributed by atoms with Crippen molar-refractivity contribution in [2.24, 2.45) is 0 Å². The second-order valence-corrected chi connectivity index (χ2v) is 3.16. The molecule has 0 fully saturated rings. The highest BCUT2D eigenvalue weighted by atomic mass is 19.1. The topological polar surface area (TPSA) is 38.3 Å². The van der Waals surface area contributed by atoms with E-state index in [4.69, 9.17) is 11.2 Å².